The lowest BCUT2D eigenvalue weighted by molar-refractivity contribution is -0.153. The fourth-order valence-electron chi connectivity index (χ4n) is 6.70. The van der Waals surface area contributed by atoms with Gasteiger partial charge in [-0.05, 0) is 86.6 Å². The number of esters is 1. The molecule has 1 unspecified atom stereocenters. The highest BCUT2D eigenvalue weighted by molar-refractivity contribution is 6.30. The van der Waals surface area contributed by atoms with Crippen LogP contribution in [0, 0.1) is 17.7 Å². The Balaban J connectivity index is 1.75. The van der Waals surface area contributed by atoms with Gasteiger partial charge < -0.3 is 19.7 Å². The van der Waals surface area contributed by atoms with E-state index in [0.717, 1.165) is 4.90 Å². The number of hydrogen-bond acceptors (Lipinski definition) is 6. The summed E-state index contributed by atoms with van der Waals surface area (Å²) in [5.74, 6) is -3.36. The number of nitrogens with zero attached hydrogens (tertiary/aromatic N) is 1. The van der Waals surface area contributed by atoms with Crippen LogP contribution in [0.3, 0.4) is 0 Å². The molecule has 10 heteroatoms. The molecule has 0 aliphatic carbocycles. The minimum absolute atomic E-state index is 0.103. The molecule has 3 aromatic carbocycles. The summed E-state index contributed by atoms with van der Waals surface area (Å²) in [7, 11) is 0. The van der Waals surface area contributed by atoms with Crippen LogP contribution >= 0.6 is 23.2 Å². The van der Waals surface area contributed by atoms with Crippen LogP contribution in [-0.4, -0.2) is 46.8 Å². The molecule has 5 rings (SSSR count). The first kappa shape index (κ1) is 32.4. The molecule has 0 radical (unpaired) electrons. The Morgan fingerprint density at radius 2 is 1.68 bits per heavy atom. The van der Waals surface area contributed by atoms with Crippen molar-refractivity contribution in [1.29, 1.82) is 0 Å². The van der Waals surface area contributed by atoms with Gasteiger partial charge in [-0.3, -0.25) is 14.5 Å². The predicted molar refractivity (Wildman–Crippen MR) is 165 cm³/mol. The Labute approximate surface area is 266 Å². The maximum Gasteiger partial charge on any atom is 0.311 e. The Hall–Kier alpha value is -3.01. The van der Waals surface area contributed by atoms with Crippen LogP contribution in [0.4, 0.5) is 4.39 Å². The highest BCUT2D eigenvalue weighted by Gasteiger charge is 2.57. The van der Waals surface area contributed by atoms with Crippen LogP contribution in [0.25, 0.3) is 0 Å². The minimum atomic E-state index is -2.35. The Morgan fingerprint density at radius 1 is 1.09 bits per heavy atom. The quantitative estimate of drug-likeness (QED) is 0.251. The standard InChI is InChI=1S/C34H36Cl2FNO6/c1-4-33(41,22-14-16-43-17-15-22)24-18-27-29(28(37)19-24)34(42,23-8-12-26(36)13-9-23)38(31(27)39)30(20(3)32(40)44-5-2)21-6-10-25(35)11-7-21/h6-13,18-20,22,30,41-42H,4-5,14-17H2,1-3H3/t20-,30-,33-,34?/m0/s1. The van der Waals surface area contributed by atoms with Gasteiger partial charge in [-0.15, -0.1) is 0 Å². The second-order valence-corrected chi connectivity index (χ2v) is 12.3. The number of rotatable bonds is 9. The van der Waals surface area contributed by atoms with Gasteiger partial charge in [0, 0.05) is 28.8 Å². The van der Waals surface area contributed by atoms with E-state index in [-0.39, 0.29) is 41.2 Å². The fraction of sp³-hybridized carbons (Fsp3) is 0.412. The summed E-state index contributed by atoms with van der Waals surface area (Å²) in [6.07, 6.45) is 1.43. The normalized spacial score (nSPS) is 21.5. The van der Waals surface area contributed by atoms with E-state index >= 15 is 4.39 Å². The Morgan fingerprint density at radius 3 is 2.25 bits per heavy atom. The van der Waals surface area contributed by atoms with Gasteiger partial charge >= 0.3 is 5.97 Å². The summed E-state index contributed by atoms with van der Waals surface area (Å²) in [5, 5.41) is 25.5. The average Bonchev–Trinajstić information content (AvgIpc) is 3.25. The number of benzene rings is 3. The molecule has 1 fully saturated rings. The molecule has 3 aromatic rings. The number of amides is 1. The summed E-state index contributed by atoms with van der Waals surface area (Å²) in [6.45, 7) is 6.13. The van der Waals surface area contributed by atoms with Crippen molar-refractivity contribution in [1.82, 2.24) is 4.90 Å². The van der Waals surface area contributed by atoms with Gasteiger partial charge in [0.15, 0.2) is 5.72 Å². The second kappa shape index (κ2) is 12.8. The van der Waals surface area contributed by atoms with E-state index in [1.165, 1.54) is 36.4 Å². The van der Waals surface area contributed by atoms with Gasteiger partial charge in [-0.2, -0.15) is 0 Å². The van der Waals surface area contributed by atoms with Crippen molar-refractivity contribution in [2.24, 2.45) is 11.8 Å². The number of halogens is 3. The number of ether oxygens (including phenoxy) is 2. The molecule has 2 aliphatic heterocycles. The lowest BCUT2D eigenvalue weighted by atomic mass is 9.74. The van der Waals surface area contributed by atoms with Crippen molar-refractivity contribution in [3.05, 3.63) is 104 Å². The lowest BCUT2D eigenvalue weighted by Crippen LogP contribution is -2.50. The van der Waals surface area contributed by atoms with Crippen LogP contribution in [0.15, 0.2) is 60.7 Å². The third-order valence-corrected chi connectivity index (χ3v) is 9.54. The van der Waals surface area contributed by atoms with Crippen LogP contribution < -0.4 is 0 Å². The van der Waals surface area contributed by atoms with Gasteiger partial charge in [0.25, 0.3) is 5.91 Å². The zero-order valence-electron chi connectivity index (χ0n) is 24.9. The predicted octanol–water partition coefficient (Wildman–Crippen LogP) is 6.75. The highest BCUT2D eigenvalue weighted by atomic mass is 35.5. The largest absolute Gasteiger partial charge is 0.466 e. The molecule has 234 valence electrons. The summed E-state index contributed by atoms with van der Waals surface area (Å²) in [5.41, 5.74) is -3.26. The van der Waals surface area contributed by atoms with Crippen LogP contribution in [-0.2, 0) is 25.6 Å². The van der Waals surface area contributed by atoms with Crippen LogP contribution in [0.1, 0.15) is 78.7 Å². The van der Waals surface area contributed by atoms with Gasteiger partial charge in [0.05, 0.1) is 35.3 Å². The van der Waals surface area contributed by atoms with Crippen molar-refractivity contribution in [2.75, 3.05) is 19.8 Å². The Kier molecular flexibility index (Phi) is 9.40. The number of carbonyl (C=O) groups is 2. The minimum Gasteiger partial charge on any atom is -0.466 e. The van der Waals surface area contributed by atoms with E-state index < -0.39 is 41.0 Å². The molecule has 7 nitrogen and oxygen atoms in total. The molecule has 44 heavy (non-hydrogen) atoms. The van der Waals surface area contributed by atoms with E-state index in [9.17, 15) is 19.8 Å². The van der Waals surface area contributed by atoms with Crippen molar-refractivity contribution in [2.45, 2.75) is 57.4 Å². The summed E-state index contributed by atoms with van der Waals surface area (Å²) in [6, 6.07) is 14.2. The molecule has 2 heterocycles. The SMILES string of the molecule is CCOC(=O)[C@@H](C)[C@@H](c1ccc(Cl)cc1)N1C(=O)c2cc([C@](O)(CC)C3CCOCC3)cc(F)c2C1(O)c1ccc(Cl)cc1. The molecule has 0 bridgehead atoms. The monoisotopic (exact) mass is 643 g/mol. The second-order valence-electron chi connectivity index (χ2n) is 11.4. The van der Waals surface area contributed by atoms with E-state index in [1.54, 1.807) is 38.1 Å². The molecule has 0 saturated carbocycles. The molecule has 2 aliphatic rings. The van der Waals surface area contributed by atoms with E-state index in [4.69, 9.17) is 32.7 Å². The van der Waals surface area contributed by atoms with E-state index in [2.05, 4.69) is 0 Å². The average molecular weight is 645 g/mol. The fourth-order valence-corrected chi connectivity index (χ4v) is 6.95. The third-order valence-electron chi connectivity index (χ3n) is 9.04. The van der Waals surface area contributed by atoms with Gasteiger partial charge in [-0.25, -0.2) is 4.39 Å². The smallest absolute Gasteiger partial charge is 0.311 e. The number of hydrogen-bond donors (Lipinski definition) is 2. The highest BCUT2D eigenvalue weighted by Crippen LogP contribution is 2.51. The van der Waals surface area contributed by atoms with Gasteiger partial charge in [0.1, 0.15) is 5.82 Å². The molecular weight excluding hydrogens is 608 g/mol. The Bertz CT molecular complexity index is 1530. The van der Waals surface area contributed by atoms with Crippen LogP contribution in [0.5, 0.6) is 0 Å². The zero-order valence-corrected chi connectivity index (χ0v) is 26.4. The van der Waals surface area contributed by atoms with Gasteiger partial charge in [0.2, 0.25) is 0 Å². The molecule has 1 amide bonds. The number of aliphatic hydroxyl groups is 2. The molecule has 0 aromatic heterocycles. The first-order valence-electron chi connectivity index (χ1n) is 14.9. The number of fused-ring (bicyclic) bond motifs is 1. The molecule has 4 atom stereocenters. The third kappa shape index (κ3) is 5.52. The molecular formula is C34H36Cl2FNO6. The van der Waals surface area contributed by atoms with E-state index in [1.807, 2.05) is 6.92 Å². The maximum atomic E-state index is 16.6. The first-order chi connectivity index (χ1) is 21.0. The summed E-state index contributed by atoms with van der Waals surface area (Å²) < 4.78 is 27.4. The number of carbonyl (C=O) groups excluding carboxylic acids is 2. The topological polar surface area (TPSA) is 96.3 Å². The van der Waals surface area contributed by atoms with Crippen LogP contribution in [0.2, 0.25) is 10.0 Å². The van der Waals surface area contributed by atoms with Crippen molar-refractivity contribution in [3.63, 3.8) is 0 Å². The van der Waals surface area contributed by atoms with Gasteiger partial charge in [-0.1, -0.05) is 54.4 Å². The summed E-state index contributed by atoms with van der Waals surface area (Å²) in [4.78, 5) is 29.0. The maximum absolute atomic E-state index is 16.6. The van der Waals surface area contributed by atoms with Crippen molar-refractivity contribution < 1.29 is 33.7 Å². The molecule has 2 N–H and O–H groups in total. The van der Waals surface area contributed by atoms with Crippen molar-refractivity contribution in [3.8, 4) is 0 Å². The lowest BCUT2D eigenvalue weighted by Gasteiger charge is -2.42. The summed E-state index contributed by atoms with van der Waals surface area (Å²) >= 11 is 12.4. The first-order valence-corrected chi connectivity index (χ1v) is 15.6. The van der Waals surface area contributed by atoms with E-state index in [0.29, 0.717) is 41.7 Å². The van der Waals surface area contributed by atoms with Crippen molar-refractivity contribution >= 4 is 35.1 Å². The zero-order chi connectivity index (χ0) is 31.8. The molecule has 0 spiro atoms. The molecule has 1 saturated heterocycles.